The van der Waals surface area contributed by atoms with Crippen LogP contribution in [0.3, 0.4) is 0 Å². The fourth-order valence-electron chi connectivity index (χ4n) is 3.48. The molecule has 1 aromatic rings. The van der Waals surface area contributed by atoms with Gasteiger partial charge < -0.3 is 10.1 Å². The van der Waals surface area contributed by atoms with Gasteiger partial charge in [-0.1, -0.05) is 19.1 Å². The fourth-order valence-corrected chi connectivity index (χ4v) is 3.48. The van der Waals surface area contributed by atoms with Crippen LogP contribution in [0.4, 0.5) is 0 Å². The van der Waals surface area contributed by atoms with Crippen LogP contribution in [-0.4, -0.2) is 37.7 Å². The molecule has 118 valence electrons. The number of piperidine rings is 1. The van der Waals surface area contributed by atoms with Crippen LogP contribution in [0.25, 0.3) is 0 Å². The minimum absolute atomic E-state index is 0.231. The summed E-state index contributed by atoms with van der Waals surface area (Å²) in [6, 6.07) is 9.27. The second-order valence-electron chi connectivity index (χ2n) is 6.27. The molecule has 0 aromatic heterocycles. The summed E-state index contributed by atoms with van der Waals surface area (Å²) >= 11 is 0. The van der Waals surface area contributed by atoms with Crippen LogP contribution in [0.1, 0.15) is 45.2 Å². The lowest BCUT2D eigenvalue weighted by Crippen LogP contribution is -2.41. The second-order valence-corrected chi connectivity index (χ2v) is 6.27. The average molecular weight is 290 g/mol. The van der Waals surface area contributed by atoms with Crippen LogP contribution >= 0.6 is 0 Å². The summed E-state index contributed by atoms with van der Waals surface area (Å²) in [5.74, 6) is 1.67. The van der Waals surface area contributed by atoms with Crippen LogP contribution < -0.4 is 10.1 Å². The predicted octanol–water partition coefficient (Wildman–Crippen LogP) is 3.47. The fraction of sp³-hybridized carbons (Fsp3) is 0.667. The first-order chi connectivity index (χ1) is 10.2. The SMILES string of the molecule is CCN1CCCC(CNC)C1c1ccc(OC(C)C)cc1. The summed E-state index contributed by atoms with van der Waals surface area (Å²) in [6.45, 7) is 9.82. The van der Waals surface area contributed by atoms with Gasteiger partial charge in [0.2, 0.25) is 0 Å². The third-order valence-corrected chi connectivity index (χ3v) is 4.33. The van der Waals surface area contributed by atoms with Crippen molar-refractivity contribution in [2.24, 2.45) is 5.92 Å². The molecule has 1 heterocycles. The van der Waals surface area contributed by atoms with Crippen LogP contribution in [0.5, 0.6) is 5.75 Å². The van der Waals surface area contributed by atoms with Crippen molar-refractivity contribution in [2.75, 3.05) is 26.7 Å². The molecule has 1 saturated heterocycles. The number of nitrogens with one attached hydrogen (secondary N) is 1. The topological polar surface area (TPSA) is 24.5 Å². The van der Waals surface area contributed by atoms with Crippen molar-refractivity contribution in [3.05, 3.63) is 29.8 Å². The lowest BCUT2D eigenvalue weighted by molar-refractivity contribution is 0.0981. The zero-order valence-corrected chi connectivity index (χ0v) is 13.9. The third kappa shape index (κ3) is 4.21. The Balaban J connectivity index is 2.17. The Morgan fingerprint density at radius 2 is 2.00 bits per heavy atom. The van der Waals surface area contributed by atoms with Gasteiger partial charge in [0.15, 0.2) is 0 Å². The van der Waals surface area contributed by atoms with E-state index in [9.17, 15) is 0 Å². The molecule has 3 nitrogen and oxygen atoms in total. The van der Waals surface area contributed by atoms with E-state index in [0.717, 1.165) is 18.8 Å². The number of benzene rings is 1. The number of ether oxygens (including phenoxy) is 1. The molecule has 2 atom stereocenters. The lowest BCUT2D eigenvalue weighted by atomic mass is 9.84. The summed E-state index contributed by atoms with van der Waals surface area (Å²) in [5, 5.41) is 3.37. The molecule has 1 aliphatic heterocycles. The maximum absolute atomic E-state index is 5.76. The van der Waals surface area contributed by atoms with Gasteiger partial charge in [0.1, 0.15) is 5.75 Å². The zero-order valence-electron chi connectivity index (χ0n) is 13.9. The Kier molecular flexibility index (Phi) is 6.07. The molecular weight excluding hydrogens is 260 g/mol. The van der Waals surface area contributed by atoms with Gasteiger partial charge in [-0.15, -0.1) is 0 Å². The number of hydrogen-bond acceptors (Lipinski definition) is 3. The highest BCUT2D eigenvalue weighted by Crippen LogP contribution is 2.36. The minimum atomic E-state index is 0.231. The van der Waals surface area contributed by atoms with Gasteiger partial charge in [-0.05, 0) is 77.0 Å². The molecule has 0 bridgehead atoms. The van der Waals surface area contributed by atoms with Crippen molar-refractivity contribution < 1.29 is 4.74 Å². The lowest BCUT2D eigenvalue weighted by Gasteiger charge is -2.41. The number of nitrogens with zero attached hydrogens (tertiary/aromatic N) is 1. The first kappa shape index (κ1) is 16.3. The van der Waals surface area contributed by atoms with Crippen molar-refractivity contribution in [3.63, 3.8) is 0 Å². The molecule has 1 aliphatic rings. The molecule has 2 rings (SSSR count). The summed E-state index contributed by atoms with van der Waals surface area (Å²) in [5.41, 5.74) is 1.42. The van der Waals surface area contributed by atoms with Gasteiger partial charge in [-0.3, -0.25) is 4.90 Å². The van der Waals surface area contributed by atoms with E-state index < -0.39 is 0 Å². The zero-order chi connectivity index (χ0) is 15.2. The van der Waals surface area contributed by atoms with Gasteiger partial charge in [-0.25, -0.2) is 0 Å². The van der Waals surface area contributed by atoms with Gasteiger partial charge in [-0.2, -0.15) is 0 Å². The largest absolute Gasteiger partial charge is 0.491 e. The van der Waals surface area contributed by atoms with Gasteiger partial charge in [0, 0.05) is 6.04 Å². The van der Waals surface area contributed by atoms with Crippen molar-refractivity contribution in [2.45, 2.75) is 45.8 Å². The van der Waals surface area contributed by atoms with E-state index in [0.29, 0.717) is 12.0 Å². The molecular formula is C18H30N2O. The maximum atomic E-state index is 5.76. The van der Waals surface area contributed by atoms with Crippen molar-refractivity contribution >= 4 is 0 Å². The standard InChI is InChI=1S/C18H30N2O/c1-5-20-12-6-7-16(13-19-4)18(20)15-8-10-17(11-9-15)21-14(2)3/h8-11,14,16,18-19H,5-7,12-13H2,1-4H3. The van der Waals surface area contributed by atoms with E-state index in [4.69, 9.17) is 4.74 Å². The highest BCUT2D eigenvalue weighted by molar-refractivity contribution is 5.30. The maximum Gasteiger partial charge on any atom is 0.119 e. The van der Waals surface area contributed by atoms with E-state index in [1.165, 1.54) is 24.9 Å². The van der Waals surface area contributed by atoms with E-state index in [1.807, 2.05) is 0 Å². The van der Waals surface area contributed by atoms with Gasteiger partial charge >= 0.3 is 0 Å². The molecule has 0 aliphatic carbocycles. The van der Waals surface area contributed by atoms with Gasteiger partial charge in [0.25, 0.3) is 0 Å². The Morgan fingerprint density at radius 3 is 2.57 bits per heavy atom. The second kappa shape index (κ2) is 7.81. The molecule has 0 spiro atoms. The highest BCUT2D eigenvalue weighted by atomic mass is 16.5. The van der Waals surface area contributed by atoms with E-state index in [2.05, 4.69) is 62.3 Å². The smallest absolute Gasteiger partial charge is 0.119 e. The van der Waals surface area contributed by atoms with Crippen LogP contribution in [0.15, 0.2) is 24.3 Å². The highest BCUT2D eigenvalue weighted by Gasteiger charge is 2.31. The first-order valence-corrected chi connectivity index (χ1v) is 8.31. The summed E-state index contributed by atoms with van der Waals surface area (Å²) in [4.78, 5) is 2.61. The molecule has 3 heteroatoms. The quantitative estimate of drug-likeness (QED) is 0.868. The van der Waals surface area contributed by atoms with E-state index >= 15 is 0 Å². The Labute approximate surface area is 129 Å². The number of rotatable bonds is 6. The Morgan fingerprint density at radius 1 is 1.29 bits per heavy atom. The molecule has 1 N–H and O–H groups in total. The summed E-state index contributed by atoms with van der Waals surface area (Å²) in [7, 11) is 2.06. The van der Waals surface area contributed by atoms with Crippen LogP contribution in [0.2, 0.25) is 0 Å². The van der Waals surface area contributed by atoms with Crippen LogP contribution in [-0.2, 0) is 0 Å². The molecule has 1 aromatic carbocycles. The summed E-state index contributed by atoms with van der Waals surface area (Å²) in [6.07, 6.45) is 2.85. The molecule has 1 fully saturated rings. The Hall–Kier alpha value is -1.06. The Bertz CT molecular complexity index is 414. The normalized spacial score (nSPS) is 23.5. The predicted molar refractivity (Wildman–Crippen MR) is 88.8 cm³/mol. The molecule has 0 saturated carbocycles. The average Bonchev–Trinajstić information content (AvgIpc) is 2.48. The third-order valence-electron chi connectivity index (χ3n) is 4.33. The monoisotopic (exact) mass is 290 g/mol. The number of hydrogen-bond donors (Lipinski definition) is 1. The van der Waals surface area contributed by atoms with E-state index in [1.54, 1.807) is 0 Å². The van der Waals surface area contributed by atoms with Crippen LogP contribution in [0, 0.1) is 5.92 Å². The van der Waals surface area contributed by atoms with Crippen molar-refractivity contribution in [1.29, 1.82) is 0 Å². The van der Waals surface area contributed by atoms with Gasteiger partial charge in [0.05, 0.1) is 6.10 Å². The van der Waals surface area contributed by atoms with Crippen molar-refractivity contribution in [3.8, 4) is 5.75 Å². The summed E-state index contributed by atoms with van der Waals surface area (Å²) < 4.78 is 5.76. The first-order valence-electron chi connectivity index (χ1n) is 8.31. The van der Waals surface area contributed by atoms with Crippen molar-refractivity contribution in [1.82, 2.24) is 10.2 Å². The molecule has 21 heavy (non-hydrogen) atoms. The molecule has 2 unspecified atom stereocenters. The molecule has 0 amide bonds. The van der Waals surface area contributed by atoms with E-state index in [-0.39, 0.29) is 6.10 Å². The number of likely N-dealkylation sites (tertiary alicyclic amines) is 1. The minimum Gasteiger partial charge on any atom is -0.491 e. The molecule has 0 radical (unpaired) electrons.